The van der Waals surface area contributed by atoms with Crippen molar-refractivity contribution in [3.05, 3.63) is 47.0 Å². The topological polar surface area (TPSA) is 51.7 Å². The molecule has 122 valence electrons. The minimum atomic E-state index is -0.201. The normalized spacial score (nSPS) is 13.1. The molecule has 0 spiro atoms. The average Bonchev–Trinajstić information content (AvgIpc) is 3.04. The van der Waals surface area contributed by atoms with Crippen LogP contribution >= 0.6 is 22.9 Å². The summed E-state index contributed by atoms with van der Waals surface area (Å²) in [5, 5.41) is 1.00. The van der Waals surface area contributed by atoms with E-state index in [4.69, 9.17) is 21.1 Å². The molecule has 0 fully saturated rings. The van der Waals surface area contributed by atoms with E-state index in [0.29, 0.717) is 40.4 Å². The van der Waals surface area contributed by atoms with Crippen molar-refractivity contribution in [1.29, 1.82) is 0 Å². The molecule has 1 amide bonds. The van der Waals surface area contributed by atoms with Gasteiger partial charge in [-0.1, -0.05) is 35.1 Å². The van der Waals surface area contributed by atoms with Crippen molar-refractivity contribution in [2.24, 2.45) is 0 Å². The number of fused-ring (bicyclic) bond motifs is 2. The second-order valence-electron chi connectivity index (χ2n) is 5.31. The third-order valence-corrected chi connectivity index (χ3v) is 5.11. The highest BCUT2D eigenvalue weighted by molar-refractivity contribution is 7.22. The highest BCUT2D eigenvalue weighted by Gasteiger charge is 2.22. The van der Waals surface area contributed by atoms with Gasteiger partial charge in [-0.2, -0.15) is 0 Å². The van der Waals surface area contributed by atoms with E-state index in [0.717, 1.165) is 10.2 Å². The highest BCUT2D eigenvalue weighted by atomic mass is 35.5. The maximum atomic E-state index is 12.8. The fourth-order valence-corrected chi connectivity index (χ4v) is 3.71. The van der Waals surface area contributed by atoms with Gasteiger partial charge >= 0.3 is 0 Å². The number of hydrogen-bond donors (Lipinski definition) is 0. The third kappa shape index (κ3) is 2.57. The van der Waals surface area contributed by atoms with E-state index < -0.39 is 0 Å². The zero-order chi connectivity index (χ0) is 16.7. The van der Waals surface area contributed by atoms with Gasteiger partial charge in [-0.25, -0.2) is 4.98 Å². The number of nitrogens with zero attached hydrogens (tertiary/aromatic N) is 2. The third-order valence-electron chi connectivity index (χ3n) is 3.72. The number of carbonyl (C=O) groups is 1. The number of benzene rings is 2. The Morgan fingerprint density at radius 2 is 2.04 bits per heavy atom. The van der Waals surface area contributed by atoms with Crippen molar-refractivity contribution in [3.63, 3.8) is 0 Å². The maximum Gasteiger partial charge on any atom is 0.259 e. The van der Waals surface area contributed by atoms with E-state index in [2.05, 4.69) is 4.98 Å². The molecule has 2 heterocycles. The van der Waals surface area contributed by atoms with Crippen LogP contribution in [0.1, 0.15) is 10.4 Å². The summed E-state index contributed by atoms with van der Waals surface area (Å²) in [5.74, 6) is 0.782. The minimum absolute atomic E-state index is 0.201. The summed E-state index contributed by atoms with van der Waals surface area (Å²) in [4.78, 5) is 18.8. The van der Waals surface area contributed by atoms with Crippen molar-refractivity contribution >= 4 is 44.2 Å². The van der Waals surface area contributed by atoms with Gasteiger partial charge in [0.2, 0.25) is 0 Å². The fraction of sp³-hybridized carbons (Fsp3) is 0.176. The molecule has 0 saturated heterocycles. The standard InChI is InChI=1S/C17H13ClN2O3S/c1-20(17-19-12-4-2-3-5-14(12)24-17)16(21)10-8-11(18)15-13(9-10)22-6-7-23-15/h2-5,8-9H,6-7H2,1H3. The zero-order valence-electron chi connectivity index (χ0n) is 12.8. The van der Waals surface area contributed by atoms with Gasteiger partial charge in [0.1, 0.15) is 13.2 Å². The van der Waals surface area contributed by atoms with Gasteiger partial charge in [0.05, 0.1) is 15.2 Å². The summed E-state index contributed by atoms with van der Waals surface area (Å²) >= 11 is 7.68. The van der Waals surface area contributed by atoms with Gasteiger partial charge < -0.3 is 9.47 Å². The lowest BCUT2D eigenvalue weighted by Gasteiger charge is -2.21. The number of ether oxygens (including phenoxy) is 2. The lowest BCUT2D eigenvalue weighted by Crippen LogP contribution is -2.26. The van der Waals surface area contributed by atoms with Crippen LogP contribution in [0.2, 0.25) is 5.02 Å². The van der Waals surface area contributed by atoms with Gasteiger partial charge in [-0.15, -0.1) is 0 Å². The Bertz CT molecular complexity index is 908. The van der Waals surface area contributed by atoms with Crippen LogP contribution in [0.4, 0.5) is 5.13 Å². The van der Waals surface area contributed by atoms with Crippen LogP contribution in [0.25, 0.3) is 10.2 Å². The number of anilines is 1. The van der Waals surface area contributed by atoms with E-state index in [9.17, 15) is 4.79 Å². The summed E-state index contributed by atoms with van der Waals surface area (Å²) in [6.45, 7) is 0.889. The second-order valence-corrected chi connectivity index (χ2v) is 6.73. The number of thiazole rings is 1. The van der Waals surface area contributed by atoms with E-state index in [1.165, 1.54) is 16.2 Å². The Kier molecular flexibility index (Phi) is 3.78. The van der Waals surface area contributed by atoms with E-state index in [-0.39, 0.29) is 5.91 Å². The van der Waals surface area contributed by atoms with Crippen molar-refractivity contribution in [1.82, 2.24) is 4.98 Å². The van der Waals surface area contributed by atoms with Crippen LogP contribution in [0, 0.1) is 0 Å². The Balaban J connectivity index is 1.68. The predicted octanol–water partition coefficient (Wildman–Crippen LogP) is 4.00. The largest absolute Gasteiger partial charge is 0.486 e. The molecule has 0 aliphatic carbocycles. The van der Waals surface area contributed by atoms with Crippen LogP contribution in [0.5, 0.6) is 11.5 Å². The number of hydrogen-bond acceptors (Lipinski definition) is 5. The summed E-state index contributed by atoms with van der Waals surface area (Å²) in [5.41, 5.74) is 1.31. The minimum Gasteiger partial charge on any atom is -0.486 e. The van der Waals surface area contributed by atoms with Gasteiger partial charge in [0, 0.05) is 12.6 Å². The summed E-state index contributed by atoms with van der Waals surface area (Å²) in [7, 11) is 1.70. The first-order valence-corrected chi connectivity index (χ1v) is 8.56. The van der Waals surface area contributed by atoms with E-state index >= 15 is 0 Å². The highest BCUT2D eigenvalue weighted by Crippen LogP contribution is 2.39. The number of rotatable bonds is 2. The molecular weight excluding hydrogens is 348 g/mol. The smallest absolute Gasteiger partial charge is 0.259 e. The summed E-state index contributed by atoms with van der Waals surface area (Å²) in [6, 6.07) is 11.0. The van der Waals surface area contributed by atoms with Gasteiger partial charge in [0.25, 0.3) is 5.91 Å². The number of carbonyl (C=O) groups excluding carboxylic acids is 1. The van der Waals surface area contributed by atoms with Crippen LogP contribution < -0.4 is 14.4 Å². The van der Waals surface area contributed by atoms with E-state index in [1.807, 2.05) is 24.3 Å². The molecule has 3 aromatic rings. The number of para-hydroxylation sites is 1. The molecule has 2 aromatic carbocycles. The molecule has 0 radical (unpaired) electrons. The molecule has 0 N–H and O–H groups in total. The molecular formula is C17H13ClN2O3S. The lowest BCUT2D eigenvalue weighted by atomic mass is 10.1. The maximum absolute atomic E-state index is 12.8. The molecule has 1 aromatic heterocycles. The number of aromatic nitrogens is 1. The number of halogens is 1. The molecule has 0 saturated carbocycles. The fourth-order valence-electron chi connectivity index (χ4n) is 2.52. The zero-order valence-corrected chi connectivity index (χ0v) is 14.4. The molecule has 1 aliphatic heterocycles. The van der Waals surface area contributed by atoms with Gasteiger partial charge in [0.15, 0.2) is 16.6 Å². The van der Waals surface area contributed by atoms with Gasteiger partial charge in [-0.3, -0.25) is 9.69 Å². The molecule has 0 bridgehead atoms. The Morgan fingerprint density at radius 1 is 1.25 bits per heavy atom. The first-order valence-electron chi connectivity index (χ1n) is 7.36. The Hall–Kier alpha value is -2.31. The van der Waals surface area contributed by atoms with Crippen LogP contribution in [-0.4, -0.2) is 31.2 Å². The number of amides is 1. The molecule has 0 unspecified atom stereocenters. The monoisotopic (exact) mass is 360 g/mol. The van der Waals surface area contributed by atoms with Crippen LogP contribution in [0.15, 0.2) is 36.4 Å². The predicted molar refractivity (Wildman–Crippen MR) is 94.8 cm³/mol. The average molecular weight is 361 g/mol. The van der Waals surface area contributed by atoms with Crippen LogP contribution in [0.3, 0.4) is 0 Å². The first-order chi connectivity index (χ1) is 11.6. The molecule has 0 atom stereocenters. The van der Waals surface area contributed by atoms with Gasteiger partial charge in [-0.05, 0) is 24.3 Å². The van der Waals surface area contributed by atoms with Crippen molar-refractivity contribution in [2.45, 2.75) is 0 Å². The Labute approximate surface area is 147 Å². The molecule has 5 nitrogen and oxygen atoms in total. The lowest BCUT2D eigenvalue weighted by molar-refractivity contribution is 0.0991. The quantitative estimate of drug-likeness (QED) is 0.693. The molecule has 24 heavy (non-hydrogen) atoms. The van der Waals surface area contributed by atoms with Crippen molar-refractivity contribution in [3.8, 4) is 11.5 Å². The summed E-state index contributed by atoms with van der Waals surface area (Å²) < 4.78 is 12.1. The van der Waals surface area contributed by atoms with Crippen LogP contribution in [-0.2, 0) is 0 Å². The Morgan fingerprint density at radius 3 is 2.88 bits per heavy atom. The van der Waals surface area contributed by atoms with Crippen molar-refractivity contribution < 1.29 is 14.3 Å². The van der Waals surface area contributed by atoms with Crippen molar-refractivity contribution in [2.75, 3.05) is 25.2 Å². The van der Waals surface area contributed by atoms with E-state index in [1.54, 1.807) is 19.2 Å². The SMILES string of the molecule is CN(C(=O)c1cc(Cl)c2c(c1)OCCO2)c1nc2ccccc2s1. The second kappa shape index (κ2) is 5.96. The molecule has 7 heteroatoms. The molecule has 4 rings (SSSR count). The first kappa shape index (κ1) is 15.2. The summed E-state index contributed by atoms with van der Waals surface area (Å²) in [6.07, 6.45) is 0. The molecule has 1 aliphatic rings.